The van der Waals surface area contributed by atoms with Crippen LogP contribution in [0.3, 0.4) is 0 Å². The van der Waals surface area contributed by atoms with Gasteiger partial charge in [-0.1, -0.05) is 60.7 Å². The van der Waals surface area contributed by atoms with Gasteiger partial charge >= 0.3 is 0 Å². The summed E-state index contributed by atoms with van der Waals surface area (Å²) in [6, 6.07) is 24.3. The predicted octanol–water partition coefficient (Wildman–Crippen LogP) is 4.96. The van der Waals surface area contributed by atoms with Gasteiger partial charge in [-0.25, -0.2) is 0 Å². The largest absolute Gasteiger partial charge is 0.481 e. The number of carbonyl (C=O) groups is 2. The minimum atomic E-state index is -0.712. The zero-order chi connectivity index (χ0) is 19.2. The van der Waals surface area contributed by atoms with Crippen molar-refractivity contribution in [3.8, 4) is 16.9 Å². The molecule has 3 rings (SSSR count). The van der Waals surface area contributed by atoms with E-state index in [0.717, 1.165) is 16.8 Å². The molecule has 136 valence electrons. The van der Waals surface area contributed by atoms with Gasteiger partial charge < -0.3 is 10.1 Å². The SMILES string of the molecule is CC(=O)c1cccc(OC(C)C(=O)Nc2ccccc2-c2ccccc2)c1. The third kappa shape index (κ3) is 4.61. The number of rotatable bonds is 6. The highest BCUT2D eigenvalue weighted by Gasteiger charge is 2.17. The fourth-order valence-electron chi connectivity index (χ4n) is 2.74. The van der Waals surface area contributed by atoms with E-state index >= 15 is 0 Å². The first kappa shape index (κ1) is 18.4. The lowest BCUT2D eigenvalue weighted by Gasteiger charge is -2.17. The maximum atomic E-state index is 12.6. The molecule has 1 N–H and O–H groups in total. The third-order valence-corrected chi connectivity index (χ3v) is 4.19. The molecule has 3 aromatic rings. The lowest BCUT2D eigenvalue weighted by molar-refractivity contribution is -0.122. The summed E-state index contributed by atoms with van der Waals surface area (Å²) in [6.45, 7) is 3.18. The van der Waals surface area contributed by atoms with Gasteiger partial charge in [0.15, 0.2) is 11.9 Å². The second-order valence-corrected chi connectivity index (χ2v) is 6.24. The van der Waals surface area contributed by atoms with Crippen LogP contribution in [0.4, 0.5) is 5.69 Å². The minimum Gasteiger partial charge on any atom is -0.481 e. The standard InChI is InChI=1S/C23H21NO3/c1-16(25)19-11-8-12-20(15-19)27-17(2)23(26)24-22-14-7-6-13-21(22)18-9-4-3-5-10-18/h3-15,17H,1-2H3,(H,24,26). The van der Waals surface area contributed by atoms with Gasteiger partial charge in [0.2, 0.25) is 0 Å². The minimum absolute atomic E-state index is 0.0469. The summed E-state index contributed by atoms with van der Waals surface area (Å²) < 4.78 is 5.72. The Morgan fingerprint density at radius 2 is 1.59 bits per heavy atom. The molecular formula is C23H21NO3. The fourth-order valence-corrected chi connectivity index (χ4v) is 2.74. The van der Waals surface area contributed by atoms with E-state index in [1.165, 1.54) is 6.92 Å². The van der Waals surface area contributed by atoms with E-state index in [1.807, 2.05) is 54.6 Å². The van der Waals surface area contributed by atoms with E-state index in [9.17, 15) is 9.59 Å². The molecule has 1 unspecified atom stereocenters. The summed E-state index contributed by atoms with van der Waals surface area (Å²) in [5, 5.41) is 2.94. The van der Waals surface area contributed by atoms with Crippen molar-refractivity contribution < 1.29 is 14.3 Å². The smallest absolute Gasteiger partial charge is 0.265 e. The Bertz CT molecular complexity index is 951. The monoisotopic (exact) mass is 359 g/mol. The molecule has 1 atom stereocenters. The van der Waals surface area contributed by atoms with Crippen LogP contribution in [0.2, 0.25) is 0 Å². The van der Waals surface area contributed by atoms with Crippen LogP contribution in [0.25, 0.3) is 11.1 Å². The van der Waals surface area contributed by atoms with Gasteiger partial charge in [0.1, 0.15) is 5.75 Å². The zero-order valence-corrected chi connectivity index (χ0v) is 15.3. The van der Waals surface area contributed by atoms with Crippen molar-refractivity contribution >= 4 is 17.4 Å². The molecule has 0 aliphatic rings. The molecule has 3 aromatic carbocycles. The molecule has 0 bridgehead atoms. The van der Waals surface area contributed by atoms with Crippen LogP contribution in [0, 0.1) is 0 Å². The number of Topliss-reactive ketones (excluding diaryl/α,β-unsaturated/α-hetero) is 1. The highest BCUT2D eigenvalue weighted by Crippen LogP contribution is 2.27. The first-order chi connectivity index (χ1) is 13.0. The Morgan fingerprint density at radius 3 is 2.33 bits per heavy atom. The van der Waals surface area contributed by atoms with Crippen LogP contribution in [-0.2, 0) is 4.79 Å². The Labute approximate surface area is 158 Å². The summed E-state index contributed by atoms with van der Waals surface area (Å²) in [5.41, 5.74) is 3.24. The quantitative estimate of drug-likeness (QED) is 0.633. The third-order valence-electron chi connectivity index (χ3n) is 4.19. The second-order valence-electron chi connectivity index (χ2n) is 6.24. The van der Waals surface area contributed by atoms with Gasteiger partial charge in [0.05, 0.1) is 0 Å². The van der Waals surface area contributed by atoms with Crippen LogP contribution in [0.1, 0.15) is 24.2 Å². The van der Waals surface area contributed by atoms with Crippen LogP contribution < -0.4 is 10.1 Å². The van der Waals surface area contributed by atoms with E-state index < -0.39 is 6.10 Å². The fraction of sp³-hybridized carbons (Fsp3) is 0.130. The molecule has 0 spiro atoms. The predicted molar refractivity (Wildman–Crippen MR) is 107 cm³/mol. The lowest BCUT2D eigenvalue weighted by atomic mass is 10.0. The zero-order valence-electron chi connectivity index (χ0n) is 15.3. The molecule has 4 heteroatoms. The molecule has 4 nitrogen and oxygen atoms in total. The molecule has 0 aromatic heterocycles. The number of amides is 1. The van der Waals surface area contributed by atoms with Crippen LogP contribution in [0.15, 0.2) is 78.9 Å². The van der Waals surface area contributed by atoms with Crippen molar-refractivity contribution in [2.45, 2.75) is 20.0 Å². The molecular weight excluding hydrogens is 338 g/mol. The summed E-state index contributed by atoms with van der Waals surface area (Å²) in [4.78, 5) is 24.1. The number of anilines is 1. The molecule has 0 saturated carbocycles. The highest BCUT2D eigenvalue weighted by molar-refractivity contribution is 5.98. The van der Waals surface area contributed by atoms with Gasteiger partial charge in [0.25, 0.3) is 5.91 Å². The number of hydrogen-bond donors (Lipinski definition) is 1. The maximum Gasteiger partial charge on any atom is 0.265 e. The average molecular weight is 359 g/mol. The molecule has 0 aliphatic heterocycles. The van der Waals surface area contributed by atoms with Gasteiger partial charge in [-0.2, -0.15) is 0 Å². The van der Waals surface area contributed by atoms with Crippen molar-refractivity contribution in [1.29, 1.82) is 0 Å². The Hall–Kier alpha value is -3.40. The number of carbonyl (C=O) groups excluding carboxylic acids is 2. The van der Waals surface area contributed by atoms with E-state index in [1.54, 1.807) is 31.2 Å². The van der Waals surface area contributed by atoms with Gasteiger partial charge in [-0.15, -0.1) is 0 Å². The van der Waals surface area contributed by atoms with Gasteiger partial charge in [-0.05, 0) is 37.6 Å². The summed E-state index contributed by atoms with van der Waals surface area (Å²) in [5.74, 6) is 0.183. The number of para-hydroxylation sites is 1. The van der Waals surface area contributed by atoms with E-state index in [2.05, 4.69) is 5.32 Å². The van der Waals surface area contributed by atoms with Crippen LogP contribution in [0.5, 0.6) is 5.75 Å². The Kier molecular flexibility index (Phi) is 5.67. The maximum absolute atomic E-state index is 12.6. The first-order valence-electron chi connectivity index (χ1n) is 8.77. The number of ketones is 1. The van der Waals surface area contributed by atoms with Crippen LogP contribution in [-0.4, -0.2) is 17.8 Å². The normalized spacial score (nSPS) is 11.5. The van der Waals surface area contributed by atoms with Crippen molar-refractivity contribution in [2.24, 2.45) is 0 Å². The van der Waals surface area contributed by atoms with Gasteiger partial charge in [-0.3, -0.25) is 9.59 Å². The molecule has 27 heavy (non-hydrogen) atoms. The molecule has 0 aliphatic carbocycles. The molecule has 0 fully saturated rings. The Balaban J connectivity index is 1.74. The van der Waals surface area contributed by atoms with Crippen molar-refractivity contribution in [1.82, 2.24) is 0 Å². The van der Waals surface area contributed by atoms with E-state index in [4.69, 9.17) is 4.74 Å². The second kappa shape index (κ2) is 8.32. The Morgan fingerprint density at radius 1 is 0.889 bits per heavy atom. The van der Waals surface area contributed by atoms with Crippen molar-refractivity contribution in [3.05, 3.63) is 84.4 Å². The number of ether oxygens (including phenoxy) is 1. The molecule has 0 saturated heterocycles. The topological polar surface area (TPSA) is 55.4 Å². The first-order valence-corrected chi connectivity index (χ1v) is 8.77. The molecule has 1 amide bonds. The molecule has 0 radical (unpaired) electrons. The van der Waals surface area contributed by atoms with Crippen LogP contribution >= 0.6 is 0 Å². The summed E-state index contributed by atoms with van der Waals surface area (Å²) in [6.07, 6.45) is -0.712. The number of hydrogen-bond acceptors (Lipinski definition) is 3. The van der Waals surface area contributed by atoms with Gasteiger partial charge in [0, 0.05) is 16.8 Å². The average Bonchev–Trinajstić information content (AvgIpc) is 2.69. The number of benzene rings is 3. The van der Waals surface area contributed by atoms with Crippen molar-refractivity contribution in [3.63, 3.8) is 0 Å². The number of nitrogens with one attached hydrogen (secondary N) is 1. The summed E-state index contributed by atoms with van der Waals surface area (Å²) in [7, 11) is 0. The van der Waals surface area contributed by atoms with E-state index in [0.29, 0.717) is 11.3 Å². The summed E-state index contributed by atoms with van der Waals surface area (Å²) >= 11 is 0. The highest BCUT2D eigenvalue weighted by atomic mass is 16.5. The molecule has 0 heterocycles. The van der Waals surface area contributed by atoms with E-state index in [-0.39, 0.29) is 11.7 Å². The lowest BCUT2D eigenvalue weighted by Crippen LogP contribution is -2.30. The van der Waals surface area contributed by atoms with Crippen molar-refractivity contribution in [2.75, 3.05) is 5.32 Å².